The van der Waals surface area contributed by atoms with Crippen LogP contribution >= 0.6 is 0 Å². The average molecular weight is 87.9 g/mol. The molecule has 0 saturated carbocycles. The van der Waals surface area contributed by atoms with Gasteiger partial charge in [0, 0.05) is 0 Å². The predicted octanol–water partition coefficient (Wildman–Crippen LogP) is -1.41. The van der Waals surface area contributed by atoms with Gasteiger partial charge in [-0.3, -0.25) is 0 Å². The van der Waals surface area contributed by atoms with Crippen LogP contribution in [-0.2, 0) is 0 Å². The molecule has 0 aliphatic carbocycles. The Balaban J connectivity index is 0. The van der Waals surface area contributed by atoms with Crippen LogP contribution < -0.4 is 5.73 Å². The highest BCUT2D eigenvalue weighted by Crippen LogP contribution is 1.13. The van der Waals surface area contributed by atoms with Gasteiger partial charge in [-0.25, -0.2) is 0 Å². The second kappa shape index (κ2) is 24.2. The summed E-state index contributed by atoms with van der Waals surface area (Å²) in [6, 6.07) is 0. The van der Waals surface area contributed by atoms with Gasteiger partial charge < -0.3 is 15.8 Å². The van der Waals surface area contributed by atoms with Gasteiger partial charge in [-0.2, -0.15) is 0 Å². The van der Waals surface area contributed by atoms with E-state index in [1.54, 1.807) is 0 Å². The molecule has 3 nitrogen and oxygen atoms in total. The Morgan fingerprint density at radius 3 is 1.67 bits per heavy atom. The summed E-state index contributed by atoms with van der Waals surface area (Å²) in [4.78, 5) is 0. The van der Waals surface area contributed by atoms with E-state index in [2.05, 4.69) is 12.3 Å². The highest BCUT2D eigenvalue weighted by atomic mass is 16.4. The van der Waals surface area contributed by atoms with Crippen LogP contribution in [0.3, 0.4) is 0 Å². The fourth-order valence-corrected chi connectivity index (χ4v) is 0. The van der Waals surface area contributed by atoms with Gasteiger partial charge in [0.05, 0.1) is 0 Å². The van der Waals surface area contributed by atoms with Crippen LogP contribution in [0, 0.1) is 0 Å². The molecule has 0 heterocycles. The molecule has 0 aromatic heterocycles. The summed E-state index contributed by atoms with van der Waals surface area (Å²) in [5.41, 5.74) is 4.61. The van der Waals surface area contributed by atoms with E-state index in [0.717, 1.165) is 0 Å². The van der Waals surface area contributed by atoms with E-state index >= 15 is 0 Å². The van der Waals surface area contributed by atoms with Crippen molar-refractivity contribution in [3.05, 3.63) is 12.8 Å². The lowest BCUT2D eigenvalue weighted by Crippen LogP contribution is -1.75. The van der Waals surface area contributed by atoms with Gasteiger partial charge >= 0.3 is 7.69 Å². The van der Waals surface area contributed by atoms with Gasteiger partial charge in [-0.05, 0) is 6.20 Å². The van der Waals surface area contributed by atoms with Crippen molar-refractivity contribution >= 4 is 7.69 Å². The van der Waals surface area contributed by atoms with Crippen molar-refractivity contribution in [3.63, 3.8) is 0 Å². The summed E-state index contributed by atoms with van der Waals surface area (Å²) < 4.78 is 0. The van der Waals surface area contributed by atoms with Crippen molar-refractivity contribution in [3.8, 4) is 0 Å². The summed E-state index contributed by atoms with van der Waals surface area (Å²) >= 11 is 0. The third kappa shape index (κ3) is 99.6. The lowest BCUT2D eigenvalue weighted by atomic mass is 10.5. The van der Waals surface area contributed by atoms with Crippen LogP contribution in [0.2, 0.25) is 0 Å². The molecule has 4 N–H and O–H groups in total. The Bertz CT molecular complexity index is 25.5. The standard InChI is InChI=1S/C2H5N.BH2O2/c1-2-3;2-1-3/h2H,1,3H2;2-3H. The van der Waals surface area contributed by atoms with E-state index in [1.807, 2.05) is 0 Å². The van der Waals surface area contributed by atoms with Crippen LogP contribution in [0.4, 0.5) is 0 Å². The predicted molar refractivity (Wildman–Crippen MR) is 24.6 cm³/mol. The largest absolute Gasteiger partial charge is 0.482 e. The third-order valence-corrected chi connectivity index (χ3v) is 0. The van der Waals surface area contributed by atoms with Gasteiger partial charge in [0.25, 0.3) is 0 Å². The van der Waals surface area contributed by atoms with Crippen molar-refractivity contribution in [2.75, 3.05) is 0 Å². The summed E-state index contributed by atoms with van der Waals surface area (Å²) in [7, 11) is 0. The molecule has 0 aliphatic rings. The Hall–Kier alpha value is -0.475. The molecule has 4 heteroatoms. The van der Waals surface area contributed by atoms with Gasteiger partial charge in [0.15, 0.2) is 0 Å². The second-order valence-corrected chi connectivity index (χ2v) is 0.351. The highest BCUT2D eigenvalue weighted by molar-refractivity contribution is 6.13. The Morgan fingerprint density at radius 1 is 1.67 bits per heavy atom. The van der Waals surface area contributed by atoms with E-state index < -0.39 is 0 Å². The molecule has 1 radical (unpaired) electrons. The van der Waals surface area contributed by atoms with Crippen LogP contribution in [0.15, 0.2) is 12.8 Å². The Morgan fingerprint density at radius 2 is 1.67 bits per heavy atom. The SMILES string of the molecule is C=CN.O[B]O. The molecule has 0 aliphatic heterocycles. The highest BCUT2D eigenvalue weighted by Gasteiger charge is 1.51. The number of rotatable bonds is 0. The molecular formula is C2H7BNO2. The zero-order chi connectivity index (χ0) is 5.41. The minimum absolute atomic E-state index is 0. The van der Waals surface area contributed by atoms with Gasteiger partial charge in [-0.1, -0.05) is 6.58 Å². The van der Waals surface area contributed by atoms with Crippen LogP contribution in [0.5, 0.6) is 0 Å². The Labute approximate surface area is 37.4 Å². The van der Waals surface area contributed by atoms with Crippen LogP contribution in [0.1, 0.15) is 0 Å². The average Bonchev–Trinajstić information content (AvgIpc) is 1.39. The first-order valence-corrected chi connectivity index (χ1v) is 1.26. The molecule has 35 valence electrons. The molecule has 0 unspecified atom stereocenters. The zero-order valence-corrected chi connectivity index (χ0v) is 3.33. The van der Waals surface area contributed by atoms with E-state index in [-0.39, 0.29) is 7.69 Å². The van der Waals surface area contributed by atoms with E-state index in [0.29, 0.717) is 0 Å². The summed E-state index contributed by atoms with van der Waals surface area (Å²) in [5.74, 6) is 0. The van der Waals surface area contributed by atoms with Crippen molar-refractivity contribution in [2.24, 2.45) is 5.73 Å². The maximum Gasteiger partial charge on any atom is 0.482 e. The number of nitrogens with two attached hydrogens (primary N) is 1. The van der Waals surface area contributed by atoms with Crippen molar-refractivity contribution in [2.45, 2.75) is 0 Å². The van der Waals surface area contributed by atoms with E-state index in [9.17, 15) is 0 Å². The van der Waals surface area contributed by atoms with Crippen molar-refractivity contribution in [1.82, 2.24) is 0 Å². The molecule has 6 heavy (non-hydrogen) atoms. The van der Waals surface area contributed by atoms with Crippen LogP contribution in [-0.4, -0.2) is 17.7 Å². The lowest BCUT2D eigenvalue weighted by Gasteiger charge is -1.46. The fourth-order valence-electron chi connectivity index (χ4n) is 0. The molecule has 0 saturated heterocycles. The van der Waals surface area contributed by atoms with Crippen molar-refractivity contribution < 1.29 is 10.0 Å². The van der Waals surface area contributed by atoms with E-state index in [1.165, 1.54) is 6.20 Å². The summed E-state index contributed by atoms with van der Waals surface area (Å²) in [6.07, 6.45) is 1.25. The normalized spacial score (nSPS) is 4.33. The van der Waals surface area contributed by atoms with Gasteiger partial charge in [0.1, 0.15) is 0 Å². The smallest absolute Gasteiger partial charge is 0.429 e. The summed E-state index contributed by atoms with van der Waals surface area (Å²) in [5, 5.41) is 14.0. The molecular weight excluding hydrogens is 80.8 g/mol. The molecule has 0 amide bonds. The topological polar surface area (TPSA) is 66.5 Å². The minimum Gasteiger partial charge on any atom is -0.429 e. The quantitative estimate of drug-likeness (QED) is 0.319. The monoisotopic (exact) mass is 88.1 g/mol. The molecule has 0 aromatic carbocycles. The minimum atomic E-state index is 0. The molecule has 0 rings (SSSR count). The molecule has 0 bridgehead atoms. The summed E-state index contributed by atoms with van der Waals surface area (Å²) in [6.45, 7) is 3.14. The second-order valence-electron chi connectivity index (χ2n) is 0.351. The van der Waals surface area contributed by atoms with Gasteiger partial charge in [-0.15, -0.1) is 0 Å². The molecule has 0 aromatic rings. The molecule has 0 spiro atoms. The molecule has 0 fully saturated rings. The third-order valence-electron chi connectivity index (χ3n) is 0. The number of hydrogen-bond acceptors (Lipinski definition) is 3. The van der Waals surface area contributed by atoms with Gasteiger partial charge in [0.2, 0.25) is 0 Å². The van der Waals surface area contributed by atoms with E-state index in [4.69, 9.17) is 10.0 Å². The first-order valence-electron chi connectivity index (χ1n) is 1.26. The Kier molecular flexibility index (Phi) is 36.7. The first-order chi connectivity index (χ1) is 2.83. The zero-order valence-electron chi connectivity index (χ0n) is 3.33. The fraction of sp³-hybridized carbons (Fsp3) is 0. The maximum absolute atomic E-state index is 7.00. The molecule has 0 atom stereocenters. The maximum atomic E-state index is 7.00. The van der Waals surface area contributed by atoms with Crippen LogP contribution in [0.25, 0.3) is 0 Å². The first kappa shape index (κ1) is 9.10. The van der Waals surface area contributed by atoms with Crippen molar-refractivity contribution in [1.29, 1.82) is 0 Å². The lowest BCUT2D eigenvalue weighted by molar-refractivity contribution is 0.448. The number of hydrogen-bond donors (Lipinski definition) is 3.